The van der Waals surface area contributed by atoms with Gasteiger partial charge < -0.3 is 5.11 Å². The van der Waals surface area contributed by atoms with Crippen molar-refractivity contribution in [2.24, 2.45) is 34.5 Å². The van der Waals surface area contributed by atoms with Crippen molar-refractivity contribution in [3.63, 3.8) is 0 Å². The van der Waals surface area contributed by atoms with E-state index in [4.69, 9.17) is 12.6 Å². The largest absolute Gasteiger partial charge is 0.481 e. The first-order chi connectivity index (χ1) is 11.3. The Hall–Kier alpha value is -0.770. The van der Waals surface area contributed by atoms with Crippen molar-refractivity contribution in [2.75, 3.05) is 0 Å². The Kier molecular flexibility index (Phi) is 3.73. The fourth-order valence-electron chi connectivity index (χ4n) is 6.96. The summed E-state index contributed by atoms with van der Waals surface area (Å²) in [6.07, 6.45) is 8.64. The molecule has 132 valence electrons. The molecule has 0 saturated heterocycles. The summed E-state index contributed by atoms with van der Waals surface area (Å²) in [7, 11) is 0. The molecule has 1 N–H and O–H groups in total. The molecular weight excluding hydrogens is 320 g/mol. The van der Waals surface area contributed by atoms with E-state index in [-0.39, 0.29) is 17.6 Å². The number of rotatable bonds is 1. The molecule has 0 heterocycles. The van der Waals surface area contributed by atoms with Crippen LogP contribution in [0.4, 0.5) is 0 Å². The molecule has 4 aliphatic carbocycles. The molecule has 0 radical (unpaired) electrons. The van der Waals surface area contributed by atoms with Gasteiger partial charge in [0.1, 0.15) is 0 Å². The first-order valence-corrected chi connectivity index (χ1v) is 9.95. The molecule has 0 aliphatic heterocycles. The quantitative estimate of drug-likeness (QED) is 0.701. The second-order valence-corrected chi connectivity index (χ2v) is 9.69. The Morgan fingerprint density at radius 1 is 1.21 bits per heavy atom. The van der Waals surface area contributed by atoms with Gasteiger partial charge in [-0.05, 0) is 67.8 Å². The zero-order chi connectivity index (χ0) is 17.3. The van der Waals surface area contributed by atoms with E-state index in [9.17, 15) is 14.7 Å². The smallest absolute Gasteiger partial charge is 0.307 e. The van der Waals surface area contributed by atoms with Crippen LogP contribution in [0.15, 0.2) is 11.6 Å². The number of thiol groups is 1. The molecule has 2 unspecified atom stereocenters. The van der Waals surface area contributed by atoms with Gasteiger partial charge in [-0.2, -0.15) is 12.6 Å². The van der Waals surface area contributed by atoms with Gasteiger partial charge in [0.2, 0.25) is 0 Å². The average Bonchev–Trinajstić information content (AvgIpc) is 2.83. The summed E-state index contributed by atoms with van der Waals surface area (Å²) in [5.74, 6) is 0.343. The molecule has 0 aromatic heterocycles. The third-order valence-corrected chi connectivity index (χ3v) is 9.21. The molecule has 4 aliphatic rings. The normalized spacial score (nSPS) is 50.5. The third kappa shape index (κ3) is 2.04. The van der Waals surface area contributed by atoms with E-state index >= 15 is 0 Å². The Balaban J connectivity index is 1.75. The van der Waals surface area contributed by atoms with E-state index in [1.807, 2.05) is 0 Å². The van der Waals surface area contributed by atoms with Crippen molar-refractivity contribution in [1.82, 2.24) is 0 Å². The molecule has 0 amide bonds. The molecule has 4 heteroatoms. The number of carboxylic acids is 1. The summed E-state index contributed by atoms with van der Waals surface area (Å²) in [6, 6.07) is 0. The van der Waals surface area contributed by atoms with Crippen molar-refractivity contribution in [3.8, 4) is 0 Å². The predicted molar refractivity (Wildman–Crippen MR) is 96.0 cm³/mol. The van der Waals surface area contributed by atoms with Gasteiger partial charge in [0.05, 0.1) is 5.92 Å². The van der Waals surface area contributed by atoms with Crippen molar-refractivity contribution in [1.29, 1.82) is 0 Å². The lowest BCUT2D eigenvalue weighted by atomic mass is 9.45. The summed E-state index contributed by atoms with van der Waals surface area (Å²) in [5, 5.41) is 10.3. The SMILES string of the molecule is C[C@]12CC[C@H]3[C@@H](CCC4=CC(=O)CC(C(=O)O)[C@@]43C)[C@@H]1CCC2S. The maximum Gasteiger partial charge on any atom is 0.307 e. The van der Waals surface area contributed by atoms with Gasteiger partial charge in [0.25, 0.3) is 0 Å². The predicted octanol–water partition coefficient (Wildman–Crippen LogP) is 4.13. The highest BCUT2D eigenvalue weighted by atomic mass is 32.1. The van der Waals surface area contributed by atoms with Gasteiger partial charge in [-0.25, -0.2) is 0 Å². The minimum Gasteiger partial charge on any atom is -0.481 e. The van der Waals surface area contributed by atoms with Gasteiger partial charge in [-0.1, -0.05) is 19.4 Å². The number of carboxylic acid groups (broad SMARTS) is 1. The van der Waals surface area contributed by atoms with E-state index in [1.165, 1.54) is 12.8 Å². The fraction of sp³-hybridized carbons (Fsp3) is 0.800. The number of allylic oxidation sites excluding steroid dienone is 1. The highest BCUT2D eigenvalue weighted by Gasteiger charge is 2.61. The van der Waals surface area contributed by atoms with Crippen LogP contribution in [0.2, 0.25) is 0 Å². The van der Waals surface area contributed by atoms with Crippen LogP contribution in [-0.2, 0) is 9.59 Å². The van der Waals surface area contributed by atoms with Crippen LogP contribution in [0, 0.1) is 34.5 Å². The van der Waals surface area contributed by atoms with Crippen LogP contribution in [0.25, 0.3) is 0 Å². The summed E-state index contributed by atoms with van der Waals surface area (Å²) in [4.78, 5) is 24.0. The number of aliphatic carboxylic acids is 1. The molecule has 3 nitrogen and oxygen atoms in total. The molecule has 0 aromatic rings. The van der Waals surface area contributed by atoms with Crippen LogP contribution < -0.4 is 0 Å². The molecule has 3 saturated carbocycles. The van der Waals surface area contributed by atoms with Gasteiger partial charge in [0, 0.05) is 17.1 Å². The number of carbonyl (C=O) groups is 2. The molecule has 0 spiro atoms. The van der Waals surface area contributed by atoms with E-state index in [1.54, 1.807) is 6.08 Å². The zero-order valence-corrected chi connectivity index (χ0v) is 15.5. The van der Waals surface area contributed by atoms with Crippen LogP contribution in [0.3, 0.4) is 0 Å². The summed E-state index contributed by atoms with van der Waals surface area (Å²) in [6.45, 7) is 4.56. The van der Waals surface area contributed by atoms with Crippen molar-refractivity contribution in [2.45, 2.75) is 64.0 Å². The van der Waals surface area contributed by atoms with Crippen LogP contribution >= 0.6 is 12.6 Å². The average molecular weight is 349 g/mol. The molecule has 0 bridgehead atoms. The topological polar surface area (TPSA) is 54.4 Å². The van der Waals surface area contributed by atoms with Gasteiger partial charge in [-0.15, -0.1) is 0 Å². The first kappa shape index (κ1) is 16.7. The molecule has 4 rings (SSSR count). The minimum absolute atomic E-state index is 0.00487. The number of carbonyl (C=O) groups excluding carboxylic acids is 1. The Bertz CT molecular complexity index is 626. The number of hydrogen-bond donors (Lipinski definition) is 2. The second kappa shape index (κ2) is 5.36. The summed E-state index contributed by atoms with van der Waals surface area (Å²) >= 11 is 4.88. The maximum absolute atomic E-state index is 12.1. The van der Waals surface area contributed by atoms with E-state index in [0.29, 0.717) is 28.4 Å². The van der Waals surface area contributed by atoms with Crippen LogP contribution in [0.5, 0.6) is 0 Å². The number of hydrogen-bond acceptors (Lipinski definition) is 3. The van der Waals surface area contributed by atoms with Gasteiger partial charge in [0.15, 0.2) is 5.78 Å². The first-order valence-electron chi connectivity index (χ1n) is 9.43. The van der Waals surface area contributed by atoms with Crippen molar-refractivity contribution in [3.05, 3.63) is 11.6 Å². The van der Waals surface area contributed by atoms with Gasteiger partial charge in [-0.3, -0.25) is 9.59 Å². The summed E-state index contributed by atoms with van der Waals surface area (Å²) in [5.41, 5.74) is 1.10. The van der Waals surface area contributed by atoms with Crippen molar-refractivity contribution < 1.29 is 14.7 Å². The molecule has 0 aromatic carbocycles. The highest BCUT2D eigenvalue weighted by Crippen LogP contribution is 2.66. The fourth-order valence-corrected chi connectivity index (χ4v) is 7.43. The minimum atomic E-state index is -0.788. The monoisotopic (exact) mass is 348 g/mol. The zero-order valence-electron chi connectivity index (χ0n) is 14.6. The molecule has 7 atom stereocenters. The molecule has 3 fully saturated rings. The molecule has 24 heavy (non-hydrogen) atoms. The second-order valence-electron chi connectivity index (χ2n) is 9.07. The molecular formula is C20H28O3S. The Morgan fingerprint density at radius 2 is 1.96 bits per heavy atom. The van der Waals surface area contributed by atoms with Crippen LogP contribution in [-0.4, -0.2) is 22.1 Å². The van der Waals surface area contributed by atoms with Crippen LogP contribution in [0.1, 0.15) is 58.8 Å². The standard InChI is InChI=1S/C20H28O3S/c1-19-8-7-15-13(14(19)5-6-17(19)24)4-3-11-9-12(21)10-16(18(22)23)20(11,15)2/h9,13-17,24H,3-8,10H2,1-2H3,(H,22,23)/t13-,14-,15-,16?,17?,19-,20-/m0/s1. The van der Waals surface area contributed by atoms with E-state index in [2.05, 4.69) is 13.8 Å². The lowest BCUT2D eigenvalue weighted by molar-refractivity contribution is -0.154. The third-order valence-electron chi connectivity index (χ3n) is 8.36. The van der Waals surface area contributed by atoms with Gasteiger partial charge >= 0.3 is 5.97 Å². The summed E-state index contributed by atoms with van der Waals surface area (Å²) < 4.78 is 0. The number of ketones is 1. The Labute approximate surface area is 149 Å². The maximum atomic E-state index is 12.1. The van der Waals surface area contributed by atoms with E-state index < -0.39 is 11.9 Å². The Morgan fingerprint density at radius 3 is 2.67 bits per heavy atom. The lowest BCUT2D eigenvalue weighted by Crippen LogP contribution is -2.55. The van der Waals surface area contributed by atoms with E-state index in [0.717, 1.165) is 31.3 Å². The number of fused-ring (bicyclic) bond motifs is 5. The van der Waals surface area contributed by atoms with Crippen molar-refractivity contribution >= 4 is 24.4 Å². The highest BCUT2D eigenvalue weighted by molar-refractivity contribution is 7.81. The lowest BCUT2D eigenvalue weighted by Gasteiger charge is -2.59.